The largest absolute Gasteiger partial charge is 0.464 e. The third kappa shape index (κ3) is 3.59. The minimum atomic E-state index is -0.568. The highest BCUT2D eigenvalue weighted by Gasteiger charge is 2.27. The molecule has 0 N–H and O–H groups in total. The van der Waals surface area contributed by atoms with Gasteiger partial charge in [-0.25, -0.2) is 9.78 Å². The lowest BCUT2D eigenvalue weighted by Crippen LogP contribution is -2.39. The summed E-state index contributed by atoms with van der Waals surface area (Å²) in [7, 11) is 1.29. The van der Waals surface area contributed by atoms with Crippen LogP contribution in [0, 0.1) is 0 Å². The Kier molecular flexibility index (Phi) is 5.30. The second kappa shape index (κ2) is 7.00. The van der Waals surface area contributed by atoms with Crippen molar-refractivity contribution in [3.05, 3.63) is 10.6 Å². The Morgan fingerprint density at radius 3 is 2.86 bits per heavy atom. The van der Waals surface area contributed by atoms with Crippen molar-refractivity contribution in [3.8, 4) is 0 Å². The molecule has 1 fully saturated rings. The van der Waals surface area contributed by atoms with Crippen molar-refractivity contribution in [1.82, 2.24) is 4.98 Å². The quantitative estimate of drug-likeness (QED) is 0.613. The molecule has 1 atom stereocenters. The molecule has 1 aromatic heterocycles. The molecule has 1 unspecified atom stereocenters. The molecule has 21 heavy (non-hydrogen) atoms. The highest BCUT2D eigenvalue weighted by molar-refractivity contribution is 7.17. The van der Waals surface area contributed by atoms with Gasteiger partial charge in [-0.1, -0.05) is 11.3 Å². The Hall–Kier alpha value is -1.47. The second-order valence-electron chi connectivity index (χ2n) is 4.89. The summed E-state index contributed by atoms with van der Waals surface area (Å²) in [6.45, 7) is 5.69. The number of Topliss-reactive ketones (excluding diaryl/α,β-unsaturated/α-hetero) is 1. The van der Waals surface area contributed by atoms with Crippen LogP contribution < -0.4 is 4.90 Å². The summed E-state index contributed by atoms with van der Waals surface area (Å²) < 4.78 is 10.4. The van der Waals surface area contributed by atoms with Gasteiger partial charge in [0.15, 0.2) is 16.6 Å². The average Bonchev–Trinajstić information content (AvgIpc) is 2.92. The molecule has 2 rings (SSSR count). The molecule has 0 radical (unpaired) electrons. The molecule has 1 aliphatic heterocycles. The summed E-state index contributed by atoms with van der Waals surface area (Å²) in [4.78, 5) is 30.1. The minimum Gasteiger partial charge on any atom is -0.464 e. The molecule has 0 bridgehead atoms. The first kappa shape index (κ1) is 15.9. The Bertz CT molecular complexity index is 527. The number of rotatable bonds is 5. The van der Waals surface area contributed by atoms with Crippen LogP contribution in [0.2, 0.25) is 0 Å². The minimum absolute atomic E-state index is 0.114. The molecule has 0 amide bonds. The summed E-state index contributed by atoms with van der Waals surface area (Å²) in [5.74, 6) is -0.737. The predicted octanol–water partition coefficient (Wildman–Crippen LogP) is 2.14. The highest BCUT2D eigenvalue weighted by Crippen LogP contribution is 2.30. The van der Waals surface area contributed by atoms with Crippen LogP contribution >= 0.6 is 11.3 Å². The third-order valence-electron chi connectivity index (χ3n) is 3.37. The lowest BCUT2D eigenvalue weighted by molar-refractivity contribution is 0.0526. The monoisotopic (exact) mass is 312 g/mol. The number of nitrogens with zero attached hydrogens (tertiary/aromatic N) is 2. The number of methoxy groups -OCH3 is 1. The van der Waals surface area contributed by atoms with Gasteiger partial charge in [-0.3, -0.25) is 4.79 Å². The first-order valence-electron chi connectivity index (χ1n) is 7.03. The first-order chi connectivity index (χ1) is 10.1. The number of ether oxygens (including phenoxy) is 2. The van der Waals surface area contributed by atoms with Gasteiger partial charge in [-0.15, -0.1) is 0 Å². The first-order valence-corrected chi connectivity index (χ1v) is 7.85. The predicted molar refractivity (Wildman–Crippen MR) is 80.3 cm³/mol. The summed E-state index contributed by atoms with van der Waals surface area (Å²) in [6.07, 6.45) is 2.21. The number of carbonyl (C=O) groups excluding carboxylic acids is 2. The van der Waals surface area contributed by atoms with Crippen LogP contribution in [0.25, 0.3) is 0 Å². The van der Waals surface area contributed by atoms with E-state index in [9.17, 15) is 9.59 Å². The van der Waals surface area contributed by atoms with Crippen molar-refractivity contribution in [2.24, 2.45) is 0 Å². The summed E-state index contributed by atoms with van der Waals surface area (Å²) in [5.41, 5.74) is 0.114. The van der Waals surface area contributed by atoms with E-state index >= 15 is 0 Å². The maximum absolute atomic E-state index is 11.7. The SMILES string of the molecule is CCOC1CCCN(c2nc(C(=O)OC)c(C(C)=O)s2)C1. The topological polar surface area (TPSA) is 68.7 Å². The number of carbonyl (C=O) groups is 2. The Morgan fingerprint density at radius 1 is 1.48 bits per heavy atom. The molecule has 2 heterocycles. The van der Waals surface area contributed by atoms with Crippen molar-refractivity contribution in [2.45, 2.75) is 32.8 Å². The average molecular weight is 312 g/mol. The fourth-order valence-electron chi connectivity index (χ4n) is 2.40. The van der Waals surface area contributed by atoms with E-state index in [1.54, 1.807) is 0 Å². The van der Waals surface area contributed by atoms with Gasteiger partial charge >= 0.3 is 5.97 Å². The van der Waals surface area contributed by atoms with E-state index in [2.05, 4.69) is 9.88 Å². The number of hydrogen-bond donors (Lipinski definition) is 0. The number of aromatic nitrogens is 1. The lowest BCUT2D eigenvalue weighted by atomic mass is 10.1. The van der Waals surface area contributed by atoms with Crippen LogP contribution in [-0.2, 0) is 9.47 Å². The maximum Gasteiger partial charge on any atom is 0.358 e. The molecule has 1 aliphatic rings. The number of ketones is 1. The molecule has 116 valence electrons. The molecule has 0 saturated carbocycles. The van der Waals surface area contributed by atoms with Crippen molar-refractivity contribution < 1.29 is 19.1 Å². The van der Waals surface area contributed by atoms with E-state index in [4.69, 9.17) is 9.47 Å². The van der Waals surface area contributed by atoms with Gasteiger partial charge in [-0.05, 0) is 19.8 Å². The molecule has 0 spiro atoms. The van der Waals surface area contributed by atoms with E-state index in [1.165, 1.54) is 25.4 Å². The van der Waals surface area contributed by atoms with Gasteiger partial charge in [0.1, 0.15) is 4.88 Å². The van der Waals surface area contributed by atoms with Crippen LogP contribution in [0.15, 0.2) is 0 Å². The Balaban J connectivity index is 2.23. The number of esters is 1. The standard InChI is InChI=1S/C14H20N2O4S/c1-4-20-10-6-5-7-16(8-10)14-15-11(13(18)19-3)12(21-14)9(2)17/h10H,4-8H2,1-3H3. The smallest absolute Gasteiger partial charge is 0.358 e. The van der Waals surface area contributed by atoms with E-state index in [1.807, 2.05) is 6.92 Å². The van der Waals surface area contributed by atoms with Gasteiger partial charge in [0.05, 0.1) is 13.2 Å². The van der Waals surface area contributed by atoms with Crippen molar-refractivity contribution >= 4 is 28.2 Å². The lowest BCUT2D eigenvalue weighted by Gasteiger charge is -2.32. The van der Waals surface area contributed by atoms with Crippen LogP contribution in [0.4, 0.5) is 5.13 Å². The molecule has 0 aromatic carbocycles. The van der Waals surface area contributed by atoms with Gasteiger partial charge in [0, 0.05) is 26.6 Å². The molecule has 0 aliphatic carbocycles. The van der Waals surface area contributed by atoms with Crippen molar-refractivity contribution in [2.75, 3.05) is 31.7 Å². The zero-order valence-corrected chi connectivity index (χ0v) is 13.4. The Morgan fingerprint density at radius 2 is 2.24 bits per heavy atom. The summed E-state index contributed by atoms with van der Waals surface area (Å²) in [5, 5.41) is 0.685. The van der Waals surface area contributed by atoms with Crippen LogP contribution in [0.3, 0.4) is 0 Å². The number of piperidine rings is 1. The van der Waals surface area contributed by atoms with Gasteiger partial charge < -0.3 is 14.4 Å². The molecule has 6 nitrogen and oxygen atoms in total. The van der Waals surface area contributed by atoms with Gasteiger partial charge in [0.2, 0.25) is 0 Å². The van der Waals surface area contributed by atoms with Crippen LogP contribution in [0.5, 0.6) is 0 Å². The van der Waals surface area contributed by atoms with Crippen molar-refractivity contribution in [3.63, 3.8) is 0 Å². The van der Waals surface area contributed by atoms with E-state index < -0.39 is 5.97 Å². The van der Waals surface area contributed by atoms with E-state index in [0.29, 0.717) is 16.6 Å². The Labute approximate surface area is 128 Å². The number of anilines is 1. The molecule has 7 heteroatoms. The zero-order valence-electron chi connectivity index (χ0n) is 12.5. The fourth-order valence-corrected chi connectivity index (χ4v) is 3.39. The fraction of sp³-hybridized carbons (Fsp3) is 0.643. The molecular formula is C14H20N2O4S. The second-order valence-corrected chi connectivity index (χ2v) is 5.87. The summed E-state index contributed by atoms with van der Waals surface area (Å²) in [6, 6.07) is 0. The van der Waals surface area contributed by atoms with Gasteiger partial charge in [0.25, 0.3) is 0 Å². The maximum atomic E-state index is 11.7. The molecular weight excluding hydrogens is 292 g/mol. The van der Waals surface area contributed by atoms with E-state index in [-0.39, 0.29) is 17.6 Å². The number of hydrogen-bond acceptors (Lipinski definition) is 7. The zero-order chi connectivity index (χ0) is 15.4. The van der Waals surface area contributed by atoms with Crippen LogP contribution in [-0.4, -0.2) is 49.6 Å². The van der Waals surface area contributed by atoms with Gasteiger partial charge in [-0.2, -0.15) is 0 Å². The molecule has 1 aromatic rings. The highest BCUT2D eigenvalue weighted by atomic mass is 32.1. The van der Waals surface area contributed by atoms with Crippen LogP contribution in [0.1, 0.15) is 46.8 Å². The molecule has 1 saturated heterocycles. The van der Waals surface area contributed by atoms with E-state index in [0.717, 1.165) is 25.9 Å². The number of thiazole rings is 1. The third-order valence-corrected chi connectivity index (χ3v) is 4.58. The normalized spacial score (nSPS) is 18.6. The van der Waals surface area contributed by atoms with Crippen molar-refractivity contribution in [1.29, 1.82) is 0 Å². The summed E-state index contributed by atoms with van der Waals surface area (Å²) >= 11 is 1.25.